The average Bonchev–Trinajstić information content (AvgIpc) is 3.49. The quantitative estimate of drug-likeness (QED) is 0.424. The molecule has 0 atom stereocenters. The van der Waals surface area contributed by atoms with E-state index in [9.17, 15) is 4.79 Å². The molecule has 162 valence electrons. The maximum Gasteiger partial charge on any atom is 0.345 e. The van der Waals surface area contributed by atoms with Crippen LogP contribution in [0, 0.1) is 6.92 Å². The molecule has 0 radical (unpaired) electrons. The molecule has 5 rings (SSSR count). The normalized spacial score (nSPS) is 13.5. The molecule has 3 aromatic heterocycles. The van der Waals surface area contributed by atoms with Crippen LogP contribution in [0.3, 0.4) is 0 Å². The van der Waals surface area contributed by atoms with E-state index in [2.05, 4.69) is 35.6 Å². The highest BCUT2D eigenvalue weighted by atomic mass is 35.5. The Morgan fingerprint density at radius 3 is 2.97 bits per heavy atom. The first-order chi connectivity index (χ1) is 15.6. The molecular weight excluding hydrogens is 432 g/mol. The third kappa shape index (κ3) is 3.93. The number of nitrogens with zero attached hydrogens (tertiary/aromatic N) is 5. The number of urea groups is 1. The second-order valence-electron chi connectivity index (χ2n) is 7.25. The van der Waals surface area contributed by atoms with Crippen LogP contribution in [0.15, 0.2) is 43.1 Å². The fourth-order valence-corrected chi connectivity index (χ4v) is 3.60. The largest absolute Gasteiger partial charge is 0.345 e. The van der Waals surface area contributed by atoms with E-state index in [0.29, 0.717) is 52.1 Å². The summed E-state index contributed by atoms with van der Waals surface area (Å²) in [5.74, 6) is 0.554. The van der Waals surface area contributed by atoms with Crippen molar-refractivity contribution in [3.05, 3.63) is 53.7 Å². The minimum Gasteiger partial charge on any atom is -0.341 e. The maximum absolute atomic E-state index is 12.4. The van der Waals surface area contributed by atoms with Gasteiger partial charge in [0.2, 0.25) is 0 Å². The van der Waals surface area contributed by atoms with Crippen molar-refractivity contribution in [1.29, 1.82) is 0 Å². The minimum atomic E-state index is -0.301. The zero-order chi connectivity index (χ0) is 22.1. The summed E-state index contributed by atoms with van der Waals surface area (Å²) in [5.41, 5.74) is 4.92. The molecule has 2 amide bonds. The summed E-state index contributed by atoms with van der Waals surface area (Å²) >= 11 is 6.25. The second-order valence-corrected chi connectivity index (χ2v) is 7.68. The van der Waals surface area contributed by atoms with Crippen LogP contribution in [0.5, 0.6) is 0 Å². The summed E-state index contributed by atoms with van der Waals surface area (Å²) in [6, 6.07) is 7.07. The van der Waals surface area contributed by atoms with Crippen LogP contribution >= 0.6 is 11.6 Å². The minimum absolute atomic E-state index is 0.301. The van der Waals surface area contributed by atoms with Crippen LogP contribution in [-0.4, -0.2) is 49.2 Å². The monoisotopic (exact) mass is 450 g/mol. The number of pyridine rings is 1. The van der Waals surface area contributed by atoms with Gasteiger partial charge >= 0.3 is 6.03 Å². The standard InChI is InChI=1S/C21H19ClN8O2/c1-12-3-4-14(28-21(31)30-5-2-6-32-30)8-16(12)29-19-15(7-13(22)9-23-19)17-18-20(26-10-24-17)27-11-25-18/h3-4,7-11H,2,5-6H2,1H3,(H,23,29)(H,28,31)(H,24,25,26,27). The van der Waals surface area contributed by atoms with Crippen molar-refractivity contribution in [2.45, 2.75) is 13.3 Å². The topological polar surface area (TPSA) is 121 Å². The number of imidazole rings is 1. The smallest absolute Gasteiger partial charge is 0.341 e. The Bertz CT molecular complexity index is 1300. The molecule has 0 saturated carbocycles. The van der Waals surface area contributed by atoms with Crippen LogP contribution in [0.4, 0.5) is 22.0 Å². The zero-order valence-corrected chi connectivity index (χ0v) is 17.8. The Hall–Kier alpha value is -3.76. The number of fused-ring (bicyclic) bond motifs is 1. The van der Waals surface area contributed by atoms with Crippen molar-refractivity contribution in [2.24, 2.45) is 0 Å². The molecule has 3 N–H and O–H groups in total. The third-order valence-corrected chi connectivity index (χ3v) is 5.26. The van der Waals surface area contributed by atoms with Gasteiger partial charge in [-0.05, 0) is 37.1 Å². The summed E-state index contributed by atoms with van der Waals surface area (Å²) in [6.45, 7) is 3.08. The van der Waals surface area contributed by atoms with Crippen molar-refractivity contribution < 1.29 is 9.63 Å². The van der Waals surface area contributed by atoms with Crippen LogP contribution < -0.4 is 10.6 Å². The highest BCUT2D eigenvalue weighted by Crippen LogP contribution is 2.33. The van der Waals surface area contributed by atoms with Gasteiger partial charge in [0, 0.05) is 23.1 Å². The molecule has 10 nitrogen and oxygen atoms in total. The lowest BCUT2D eigenvalue weighted by Crippen LogP contribution is -2.31. The van der Waals surface area contributed by atoms with Crippen molar-refractivity contribution in [1.82, 2.24) is 30.0 Å². The number of amides is 2. The van der Waals surface area contributed by atoms with Gasteiger partial charge in [-0.1, -0.05) is 17.7 Å². The maximum atomic E-state index is 12.4. The number of carbonyl (C=O) groups excluding carboxylic acids is 1. The molecule has 1 aromatic carbocycles. The lowest BCUT2D eigenvalue weighted by molar-refractivity contribution is -0.0614. The van der Waals surface area contributed by atoms with Crippen molar-refractivity contribution in [3.63, 3.8) is 0 Å². The van der Waals surface area contributed by atoms with E-state index in [1.165, 1.54) is 11.4 Å². The number of H-pyrrole nitrogens is 1. The van der Waals surface area contributed by atoms with Crippen LogP contribution in [0.1, 0.15) is 12.0 Å². The molecule has 1 aliphatic rings. The molecule has 11 heteroatoms. The van der Waals surface area contributed by atoms with Crippen molar-refractivity contribution in [2.75, 3.05) is 23.8 Å². The summed E-state index contributed by atoms with van der Waals surface area (Å²) in [4.78, 5) is 38.0. The first-order valence-electron chi connectivity index (χ1n) is 9.97. The predicted molar refractivity (Wildman–Crippen MR) is 121 cm³/mol. The first kappa shape index (κ1) is 20.2. The van der Waals surface area contributed by atoms with E-state index < -0.39 is 0 Å². The van der Waals surface area contributed by atoms with Crippen molar-refractivity contribution in [3.8, 4) is 11.3 Å². The molecule has 4 heterocycles. The van der Waals surface area contributed by atoms with E-state index in [0.717, 1.165) is 17.7 Å². The zero-order valence-electron chi connectivity index (χ0n) is 17.1. The molecule has 0 bridgehead atoms. The lowest BCUT2D eigenvalue weighted by Gasteiger charge is -2.17. The molecule has 32 heavy (non-hydrogen) atoms. The van der Waals surface area contributed by atoms with Crippen molar-refractivity contribution >= 4 is 46.0 Å². The summed E-state index contributed by atoms with van der Waals surface area (Å²) in [5, 5.41) is 8.01. The summed E-state index contributed by atoms with van der Waals surface area (Å²) in [6.07, 6.45) is 5.40. The summed E-state index contributed by atoms with van der Waals surface area (Å²) < 4.78 is 0. The van der Waals surface area contributed by atoms with Gasteiger partial charge in [0.25, 0.3) is 0 Å². The van der Waals surface area contributed by atoms with E-state index >= 15 is 0 Å². The van der Waals surface area contributed by atoms with Gasteiger partial charge in [0.1, 0.15) is 23.4 Å². The molecule has 1 aliphatic heterocycles. The second kappa shape index (κ2) is 8.40. The van der Waals surface area contributed by atoms with Gasteiger partial charge in [0.05, 0.1) is 24.5 Å². The fourth-order valence-electron chi connectivity index (χ4n) is 3.44. The lowest BCUT2D eigenvalue weighted by atomic mass is 10.1. The Labute approximate surface area is 188 Å². The van der Waals surface area contributed by atoms with Gasteiger partial charge in [-0.15, -0.1) is 0 Å². The molecule has 4 aromatic rings. The number of carbonyl (C=O) groups is 1. The number of rotatable bonds is 4. The molecular formula is C21H19ClN8O2. The van der Waals surface area contributed by atoms with Gasteiger partial charge in [-0.25, -0.2) is 29.8 Å². The van der Waals surface area contributed by atoms with Crippen LogP contribution in [0.2, 0.25) is 5.02 Å². The SMILES string of the molecule is Cc1ccc(NC(=O)N2CCCO2)cc1Nc1ncc(Cl)cc1-c1ncnc2nc[nH]c12. The number of aryl methyl sites for hydroxylation is 1. The Kier molecular flexibility index (Phi) is 5.29. The van der Waals surface area contributed by atoms with Gasteiger partial charge in [-0.3, -0.25) is 4.84 Å². The fraction of sp³-hybridized carbons (Fsp3) is 0.190. The molecule has 0 aliphatic carbocycles. The van der Waals surface area contributed by atoms with Gasteiger partial charge in [-0.2, -0.15) is 0 Å². The van der Waals surface area contributed by atoms with E-state index in [1.54, 1.807) is 18.6 Å². The molecule has 1 saturated heterocycles. The van der Waals surface area contributed by atoms with Crippen LogP contribution in [-0.2, 0) is 4.84 Å². The number of benzene rings is 1. The van der Waals surface area contributed by atoms with Gasteiger partial charge < -0.3 is 15.6 Å². The third-order valence-electron chi connectivity index (χ3n) is 5.05. The van der Waals surface area contributed by atoms with E-state index in [4.69, 9.17) is 16.4 Å². The molecule has 0 unspecified atom stereocenters. The Morgan fingerprint density at radius 2 is 2.12 bits per heavy atom. The first-order valence-corrected chi connectivity index (χ1v) is 10.4. The highest BCUT2D eigenvalue weighted by molar-refractivity contribution is 6.30. The average molecular weight is 451 g/mol. The Morgan fingerprint density at radius 1 is 1.22 bits per heavy atom. The number of aromatic nitrogens is 5. The Balaban J connectivity index is 1.48. The number of hydrogen-bond acceptors (Lipinski definition) is 7. The number of hydroxylamine groups is 2. The number of hydrogen-bond donors (Lipinski definition) is 3. The number of halogens is 1. The van der Waals surface area contributed by atoms with Crippen LogP contribution in [0.25, 0.3) is 22.4 Å². The number of anilines is 3. The van der Waals surface area contributed by atoms with E-state index in [1.807, 2.05) is 25.1 Å². The number of aromatic amines is 1. The predicted octanol–water partition coefficient (Wildman–Crippen LogP) is 4.29. The van der Waals surface area contributed by atoms with E-state index in [-0.39, 0.29) is 6.03 Å². The highest BCUT2D eigenvalue weighted by Gasteiger charge is 2.20. The van der Waals surface area contributed by atoms with Gasteiger partial charge in [0.15, 0.2) is 5.65 Å². The number of nitrogens with one attached hydrogen (secondary N) is 3. The summed E-state index contributed by atoms with van der Waals surface area (Å²) in [7, 11) is 0. The molecule has 0 spiro atoms. The molecule has 1 fully saturated rings.